The Kier molecular flexibility index (Phi) is 4.64. The van der Waals surface area contributed by atoms with Crippen LogP contribution >= 0.6 is 12.6 Å². The summed E-state index contributed by atoms with van der Waals surface area (Å²) in [6.07, 6.45) is 2.47. The lowest BCUT2D eigenvalue weighted by Gasteiger charge is -2.20. The molecule has 1 saturated heterocycles. The monoisotopic (exact) mass is 229 g/mol. The van der Waals surface area contributed by atoms with Crippen LogP contribution in [0.2, 0.25) is 0 Å². The van der Waals surface area contributed by atoms with Crippen molar-refractivity contribution in [2.24, 2.45) is 11.8 Å². The highest BCUT2D eigenvalue weighted by molar-refractivity contribution is 7.80. The van der Waals surface area contributed by atoms with Crippen LogP contribution in [0.15, 0.2) is 0 Å². The molecular formula is C11H19NO2S. The van der Waals surface area contributed by atoms with Crippen molar-refractivity contribution in [2.75, 3.05) is 12.3 Å². The molecule has 1 aliphatic rings. The first-order valence-corrected chi connectivity index (χ1v) is 6.18. The van der Waals surface area contributed by atoms with Gasteiger partial charge in [-0.15, -0.1) is 0 Å². The van der Waals surface area contributed by atoms with Crippen molar-refractivity contribution in [3.8, 4) is 0 Å². The van der Waals surface area contributed by atoms with Crippen LogP contribution in [0.25, 0.3) is 0 Å². The number of rotatable bonds is 5. The van der Waals surface area contributed by atoms with Crippen molar-refractivity contribution in [3.05, 3.63) is 0 Å². The fourth-order valence-electron chi connectivity index (χ4n) is 1.95. The van der Waals surface area contributed by atoms with E-state index in [1.165, 1.54) is 4.90 Å². The highest BCUT2D eigenvalue weighted by Gasteiger charge is 2.36. The molecule has 0 saturated carbocycles. The molecule has 1 aliphatic heterocycles. The Bertz CT molecular complexity index is 255. The van der Waals surface area contributed by atoms with E-state index in [4.69, 9.17) is 0 Å². The maximum Gasteiger partial charge on any atom is 0.232 e. The van der Waals surface area contributed by atoms with E-state index in [2.05, 4.69) is 19.6 Å². The number of nitrogens with zero attached hydrogens (tertiary/aromatic N) is 1. The van der Waals surface area contributed by atoms with Gasteiger partial charge in [-0.2, -0.15) is 12.6 Å². The van der Waals surface area contributed by atoms with Crippen molar-refractivity contribution < 1.29 is 9.59 Å². The molecule has 0 spiro atoms. The zero-order valence-corrected chi connectivity index (χ0v) is 10.3. The summed E-state index contributed by atoms with van der Waals surface area (Å²) in [5, 5.41) is 0. The lowest BCUT2D eigenvalue weighted by atomic mass is 10.1. The third kappa shape index (κ3) is 2.97. The Morgan fingerprint density at radius 2 is 2.20 bits per heavy atom. The summed E-state index contributed by atoms with van der Waals surface area (Å²) >= 11 is 4.25. The highest BCUT2D eigenvalue weighted by atomic mass is 32.1. The van der Waals surface area contributed by atoms with Crippen LogP contribution in [0, 0.1) is 11.8 Å². The molecule has 0 aromatic carbocycles. The third-order valence-electron chi connectivity index (χ3n) is 2.87. The van der Waals surface area contributed by atoms with Crippen molar-refractivity contribution in [3.63, 3.8) is 0 Å². The highest BCUT2D eigenvalue weighted by Crippen LogP contribution is 2.21. The van der Waals surface area contributed by atoms with E-state index in [0.29, 0.717) is 18.9 Å². The van der Waals surface area contributed by atoms with Gasteiger partial charge in [0.05, 0.1) is 0 Å². The van der Waals surface area contributed by atoms with Crippen LogP contribution in [0.4, 0.5) is 0 Å². The molecule has 0 aromatic heterocycles. The van der Waals surface area contributed by atoms with Crippen molar-refractivity contribution >= 4 is 24.4 Å². The molecule has 0 aromatic rings. The summed E-state index contributed by atoms with van der Waals surface area (Å²) in [6, 6.07) is 0. The SMILES string of the molecule is CCCC(CS)CN1C(=O)CC(C)C1=O. The molecule has 1 fully saturated rings. The Labute approximate surface area is 96.6 Å². The number of hydrogen-bond donors (Lipinski definition) is 1. The van der Waals surface area contributed by atoms with E-state index in [1.807, 2.05) is 6.92 Å². The topological polar surface area (TPSA) is 37.4 Å². The first kappa shape index (κ1) is 12.6. The number of imide groups is 1. The molecule has 4 heteroatoms. The molecule has 0 N–H and O–H groups in total. The van der Waals surface area contributed by atoms with E-state index in [9.17, 15) is 9.59 Å². The van der Waals surface area contributed by atoms with E-state index < -0.39 is 0 Å². The van der Waals surface area contributed by atoms with Gasteiger partial charge in [0.2, 0.25) is 11.8 Å². The number of likely N-dealkylation sites (tertiary alicyclic amines) is 1. The second kappa shape index (κ2) is 5.54. The van der Waals surface area contributed by atoms with Crippen LogP contribution in [0.5, 0.6) is 0 Å². The minimum Gasteiger partial charge on any atom is -0.282 e. The van der Waals surface area contributed by atoms with Crippen LogP contribution < -0.4 is 0 Å². The average Bonchev–Trinajstić information content (AvgIpc) is 2.44. The summed E-state index contributed by atoms with van der Waals surface area (Å²) in [4.78, 5) is 24.6. The summed E-state index contributed by atoms with van der Waals surface area (Å²) in [5.41, 5.74) is 0. The van der Waals surface area contributed by atoms with Gasteiger partial charge >= 0.3 is 0 Å². The van der Waals surface area contributed by atoms with Gasteiger partial charge in [0.15, 0.2) is 0 Å². The van der Waals surface area contributed by atoms with E-state index in [-0.39, 0.29) is 17.7 Å². The van der Waals surface area contributed by atoms with Gasteiger partial charge in [0.1, 0.15) is 0 Å². The number of thiol groups is 1. The van der Waals surface area contributed by atoms with Crippen molar-refractivity contribution in [2.45, 2.75) is 33.1 Å². The fraction of sp³-hybridized carbons (Fsp3) is 0.818. The molecule has 15 heavy (non-hydrogen) atoms. The molecule has 2 unspecified atom stereocenters. The molecule has 1 heterocycles. The van der Waals surface area contributed by atoms with Gasteiger partial charge in [-0.25, -0.2) is 0 Å². The second-order valence-electron chi connectivity index (χ2n) is 4.29. The van der Waals surface area contributed by atoms with E-state index >= 15 is 0 Å². The Hall–Kier alpha value is -0.510. The predicted octanol–water partition coefficient (Wildman–Crippen LogP) is 1.73. The maximum atomic E-state index is 11.7. The largest absolute Gasteiger partial charge is 0.282 e. The third-order valence-corrected chi connectivity index (χ3v) is 3.38. The summed E-state index contributed by atoms with van der Waals surface area (Å²) in [6.45, 7) is 4.47. The van der Waals surface area contributed by atoms with Gasteiger partial charge in [-0.05, 0) is 18.1 Å². The van der Waals surface area contributed by atoms with Gasteiger partial charge in [-0.3, -0.25) is 14.5 Å². The van der Waals surface area contributed by atoms with Gasteiger partial charge in [0, 0.05) is 18.9 Å². The fourth-order valence-corrected chi connectivity index (χ4v) is 2.24. The van der Waals surface area contributed by atoms with Crippen molar-refractivity contribution in [1.29, 1.82) is 0 Å². The molecule has 2 atom stereocenters. The minimum atomic E-state index is -0.125. The predicted molar refractivity (Wildman–Crippen MR) is 62.8 cm³/mol. The lowest BCUT2D eigenvalue weighted by Crippen LogP contribution is -2.35. The standard InChI is InChI=1S/C11H19NO2S/c1-3-4-9(7-15)6-12-10(13)5-8(2)11(12)14/h8-9,15H,3-7H2,1-2H3. The lowest BCUT2D eigenvalue weighted by molar-refractivity contribution is -0.139. The minimum absolute atomic E-state index is 0.0112. The molecule has 86 valence electrons. The van der Waals surface area contributed by atoms with Gasteiger partial charge < -0.3 is 0 Å². The molecular weight excluding hydrogens is 210 g/mol. The Morgan fingerprint density at radius 3 is 2.60 bits per heavy atom. The number of amides is 2. The first-order valence-electron chi connectivity index (χ1n) is 5.55. The molecule has 0 aliphatic carbocycles. The smallest absolute Gasteiger partial charge is 0.232 e. The van der Waals surface area contributed by atoms with E-state index in [0.717, 1.165) is 18.6 Å². The first-order chi connectivity index (χ1) is 7.10. The number of carbonyl (C=O) groups is 2. The second-order valence-corrected chi connectivity index (χ2v) is 4.65. The molecule has 2 amide bonds. The van der Waals surface area contributed by atoms with Crippen LogP contribution in [0.1, 0.15) is 33.1 Å². The van der Waals surface area contributed by atoms with Gasteiger partial charge in [0.25, 0.3) is 0 Å². The normalized spacial score (nSPS) is 23.7. The summed E-state index contributed by atoms with van der Waals surface area (Å²) in [7, 11) is 0. The Morgan fingerprint density at radius 1 is 1.53 bits per heavy atom. The van der Waals surface area contributed by atoms with Crippen molar-refractivity contribution in [1.82, 2.24) is 4.90 Å². The Balaban J connectivity index is 2.56. The number of carbonyl (C=O) groups excluding carboxylic acids is 2. The summed E-state index contributed by atoms with van der Waals surface area (Å²) in [5.74, 6) is 0.925. The zero-order valence-electron chi connectivity index (χ0n) is 9.40. The van der Waals surface area contributed by atoms with Gasteiger partial charge in [-0.1, -0.05) is 20.3 Å². The zero-order chi connectivity index (χ0) is 11.4. The number of hydrogen-bond acceptors (Lipinski definition) is 3. The quantitative estimate of drug-likeness (QED) is 0.576. The maximum absolute atomic E-state index is 11.7. The van der Waals surface area contributed by atoms with Crippen LogP contribution in [0.3, 0.4) is 0 Å². The van der Waals surface area contributed by atoms with E-state index in [1.54, 1.807) is 0 Å². The molecule has 3 nitrogen and oxygen atoms in total. The average molecular weight is 229 g/mol. The summed E-state index contributed by atoms with van der Waals surface area (Å²) < 4.78 is 0. The molecule has 1 rings (SSSR count). The van der Waals surface area contributed by atoms with Crippen LogP contribution in [-0.4, -0.2) is 29.0 Å². The molecule has 0 radical (unpaired) electrons. The molecule has 0 bridgehead atoms. The van der Waals surface area contributed by atoms with Crippen LogP contribution in [-0.2, 0) is 9.59 Å².